The van der Waals surface area contributed by atoms with Crippen molar-refractivity contribution in [1.29, 1.82) is 0 Å². The maximum atomic E-state index is 11.8. The Morgan fingerprint density at radius 3 is 2.42 bits per heavy atom. The van der Waals surface area contributed by atoms with E-state index in [0.717, 1.165) is 17.0 Å². The lowest BCUT2D eigenvalue weighted by Crippen LogP contribution is -2.32. The normalized spacial score (nSPS) is 11.0. The van der Waals surface area contributed by atoms with E-state index in [1.807, 2.05) is 43.3 Å². The van der Waals surface area contributed by atoms with Crippen LogP contribution < -0.4 is 15.4 Å². The van der Waals surface area contributed by atoms with Crippen molar-refractivity contribution in [2.24, 2.45) is 0 Å². The van der Waals surface area contributed by atoms with Crippen LogP contribution in [-0.2, 0) is 5.41 Å². The zero-order chi connectivity index (χ0) is 17.6. The fourth-order valence-corrected chi connectivity index (χ4v) is 2.28. The van der Waals surface area contributed by atoms with Gasteiger partial charge in [-0.05, 0) is 47.7 Å². The van der Waals surface area contributed by atoms with Gasteiger partial charge in [-0.15, -0.1) is 0 Å². The van der Waals surface area contributed by atoms with Gasteiger partial charge in [0.2, 0.25) is 0 Å². The molecule has 2 amide bonds. The quantitative estimate of drug-likeness (QED) is 0.795. The van der Waals surface area contributed by atoms with Gasteiger partial charge in [0.1, 0.15) is 12.4 Å². The summed E-state index contributed by atoms with van der Waals surface area (Å²) < 4.78 is 5.65. The highest BCUT2D eigenvalue weighted by Crippen LogP contribution is 2.24. The van der Waals surface area contributed by atoms with Crippen molar-refractivity contribution in [1.82, 2.24) is 5.32 Å². The molecule has 0 heterocycles. The Balaban J connectivity index is 1.71. The van der Waals surface area contributed by atoms with Crippen LogP contribution in [0, 0.1) is 6.92 Å². The minimum absolute atomic E-state index is 0.133. The summed E-state index contributed by atoms with van der Waals surface area (Å²) in [4.78, 5) is 11.8. The average Bonchev–Trinajstić information content (AvgIpc) is 2.51. The van der Waals surface area contributed by atoms with Crippen molar-refractivity contribution >= 4 is 11.7 Å². The van der Waals surface area contributed by atoms with Crippen molar-refractivity contribution < 1.29 is 9.53 Å². The number of carbonyl (C=O) groups excluding carboxylic acids is 1. The lowest BCUT2D eigenvalue weighted by molar-refractivity contribution is 0.247. The Hall–Kier alpha value is -2.49. The summed E-state index contributed by atoms with van der Waals surface area (Å²) in [5.74, 6) is 0.809. The summed E-state index contributed by atoms with van der Waals surface area (Å²) in [7, 11) is 0. The zero-order valence-corrected chi connectivity index (χ0v) is 14.8. The van der Waals surface area contributed by atoms with Gasteiger partial charge in [-0.1, -0.05) is 45.0 Å². The van der Waals surface area contributed by atoms with E-state index in [-0.39, 0.29) is 11.4 Å². The molecule has 0 radical (unpaired) electrons. The Labute approximate surface area is 144 Å². The molecular weight excluding hydrogens is 300 g/mol. The molecule has 2 rings (SSSR count). The second kappa shape index (κ2) is 7.86. The molecule has 0 aliphatic rings. The maximum absolute atomic E-state index is 11.8. The molecule has 0 atom stereocenters. The molecule has 4 heteroatoms. The van der Waals surface area contributed by atoms with Crippen LogP contribution in [0.2, 0.25) is 0 Å². The summed E-state index contributed by atoms with van der Waals surface area (Å²) in [5.41, 5.74) is 3.29. The fraction of sp³-hybridized carbons (Fsp3) is 0.350. The minimum Gasteiger partial charge on any atom is -0.492 e. The molecule has 0 aromatic heterocycles. The van der Waals surface area contributed by atoms with Gasteiger partial charge in [-0.2, -0.15) is 0 Å². The molecule has 0 unspecified atom stereocenters. The predicted octanol–water partition coefficient (Wildman–Crippen LogP) is 4.49. The van der Waals surface area contributed by atoms with Crippen molar-refractivity contribution in [2.75, 3.05) is 18.5 Å². The lowest BCUT2D eigenvalue weighted by Gasteiger charge is -2.19. The minimum atomic E-state index is -0.229. The molecular formula is C20H26N2O2. The number of rotatable bonds is 5. The predicted molar refractivity (Wildman–Crippen MR) is 98.8 cm³/mol. The standard InChI is InChI=1S/C20H26N2O2/c1-15-6-5-7-17(14-15)22-19(23)21-12-13-24-18-10-8-16(9-11-18)20(2,3)4/h5-11,14H,12-13H2,1-4H3,(H2,21,22,23). The Morgan fingerprint density at radius 1 is 1.08 bits per heavy atom. The van der Waals surface area contributed by atoms with E-state index < -0.39 is 0 Å². The third-order valence-electron chi connectivity index (χ3n) is 3.65. The topological polar surface area (TPSA) is 50.4 Å². The number of benzene rings is 2. The van der Waals surface area contributed by atoms with Crippen molar-refractivity contribution in [3.05, 3.63) is 59.7 Å². The Kier molecular flexibility index (Phi) is 5.85. The third kappa shape index (κ3) is 5.61. The van der Waals surface area contributed by atoms with Crippen molar-refractivity contribution in [2.45, 2.75) is 33.1 Å². The van der Waals surface area contributed by atoms with E-state index in [2.05, 4.69) is 43.5 Å². The zero-order valence-electron chi connectivity index (χ0n) is 14.8. The van der Waals surface area contributed by atoms with Gasteiger partial charge in [-0.25, -0.2) is 4.79 Å². The van der Waals surface area contributed by atoms with Gasteiger partial charge in [-0.3, -0.25) is 0 Å². The summed E-state index contributed by atoms with van der Waals surface area (Å²) in [6.45, 7) is 9.40. The van der Waals surface area contributed by atoms with Crippen LogP contribution in [0.1, 0.15) is 31.9 Å². The van der Waals surface area contributed by atoms with Crippen molar-refractivity contribution in [3.63, 3.8) is 0 Å². The molecule has 2 aromatic rings. The first kappa shape index (κ1) is 17.9. The molecule has 0 aliphatic heterocycles. The SMILES string of the molecule is Cc1cccc(NC(=O)NCCOc2ccc(C(C)(C)C)cc2)c1. The number of amides is 2. The molecule has 0 aliphatic carbocycles. The van der Waals surface area contributed by atoms with Gasteiger partial charge in [0.05, 0.1) is 6.54 Å². The van der Waals surface area contributed by atoms with E-state index in [1.165, 1.54) is 5.56 Å². The summed E-state index contributed by atoms with van der Waals surface area (Å²) in [6, 6.07) is 15.5. The van der Waals surface area contributed by atoms with Gasteiger partial charge < -0.3 is 15.4 Å². The van der Waals surface area contributed by atoms with E-state index in [4.69, 9.17) is 4.74 Å². The number of anilines is 1. The number of nitrogens with one attached hydrogen (secondary N) is 2. The van der Waals surface area contributed by atoms with Crippen LogP contribution in [0.15, 0.2) is 48.5 Å². The fourth-order valence-electron chi connectivity index (χ4n) is 2.28. The molecule has 2 aromatic carbocycles. The first-order chi connectivity index (χ1) is 11.3. The average molecular weight is 326 g/mol. The Bertz CT molecular complexity index is 673. The van der Waals surface area contributed by atoms with Gasteiger partial charge >= 0.3 is 6.03 Å². The maximum Gasteiger partial charge on any atom is 0.319 e. The van der Waals surface area contributed by atoms with Crippen LogP contribution in [0.25, 0.3) is 0 Å². The monoisotopic (exact) mass is 326 g/mol. The lowest BCUT2D eigenvalue weighted by atomic mass is 9.87. The van der Waals surface area contributed by atoms with Crippen LogP contribution in [0.3, 0.4) is 0 Å². The summed E-state index contributed by atoms with van der Waals surface area (Å²) in [6.07, 6.45) is 0. The van der Waals surface area contributed by atoms with Crippen LogP contribution >= 0.6 is 0 Å². The van der Waals surface area contributed by atoms with E-state index in [1.54, 1.807) is 0 Å². The van der Waals surface area contributed by atoms with Gasteiger partial charge in [0.25, 0.3) is 0 Å². The number of hydrogen-bond donors (Lipinski definition) is 2. The van der Waals surface area contributed by atoms with Crippen LogP contribution in [-0.4, -0.2) is 19.2 Å². The highest BCUT2D eigenvalue weighted by molar-refractivity contribution is 5.89. The Morgan fingerprint density at radius 2 is 1.79 bits per heavy atom. The number of urea groups is 1. The van der Waals surface area contributed by atoms with Gasteiger partial charge in [0.15, 0.2) is 0 Å². The summed E-state index contributed by atoms with van der Waals surface area (Å²) in [5, 5.41) is 5.58. The second-order valence-corrected chi connectivity index (χ2v) is 6.87. The molecule has 128 valence electrons. The van der Waals surface area contributed by atoms with Crippen molar-refractivity contribution in [3.8, 4) is 5.75 Å². The number of aryl methyl sites for hydroxylation is 1. The molecule has 0 fully saturated rings. The van der Waals surface area contributed by atoms with E-state index in [9.17, 15) is 4.79 Å². The van der Waals surface area contributed by atoms with Crippen LogP contribution in [0.4, 0.5) is 10.5 Å². The largest absolute Gasteiger partial charge is 0.492 e. The number of carbonyl (C=O) groups is 1. The van der Waals surface area contributed by atoms with E-state index >= 15 is 0 Å². The van der Waals surface area contributed by atoms with Gasteiger partial charge in [0, 0.05) is 5.69 Å². The first-order valence-corrected chi connectivity index (χ1v) is 8.19. The highest BCUT2D eigenvalue weighted by atomic mass is 16.5. The number of hydrogen-bond acceptors (Lipinski definition) is 2. The third-order valence-corrected chi connectivity index (χ3v) is 3.65. The molecule has 4 nitrogen and oxygen atoms in total. The van der Waals surface area contributed by atoms with E-state index in [0.29, 0.717) is 13.2 Å². The number of ether oxygens (including phenoxy) is 1. The molecule has 2 N–H and O–H groups in total. The summed E-state index contributed by atoms with van der Waals surface area (Å²) >= 11 is 0. The molecule has 24 heavy (non-hydrogen) atoms. The molecule has 0 spiro atoms. The first-order valence-electron chi connectivity index (χ1n) is 8.19. The molecule has 0 saturated heterocycles. The van der Waals surface area contributed by atoms with Crippen LogP contribution in [0.5, 0.6) is 5.75 Å². The molecule has 0 bridgehead atoms. The smallest absolute Gasteiger partial charge is 0.319 e. The molecule has 0 saturated carbocycles. The second-order valence-electron chi connectivity index (χ2n) is 6.87. The highest BCUT2D eigenvalue weighted by Gasteiger charge is 2.12.